The number of amides is 1. The monoisotopic (exact) mass is 411 g/mol. The van der Waals surface area contributed by atoms with E-state index in [0.29, 0.717) is 12.3 Å². The first kappa shape index (κ1) is 19.1. The predicted molar refractivity (Wildman–Crippen MR) is 114 cm³/mol. The number of thiazole rings is 1. The van der Waals surface area contributed by atoms with Gasteiger partial charge in [-0.25, -0.2) is 15.0 Å². The third kappa shape index (κ3) is 3.94. The highest BCUT2D eigenvalue weighted by molar-refractivity contribution is 7.11. The van der Waals surface area contributed by atoms with Crippen molar-refractivity contribution in [2.75, 3.05) is 18.0 Å². The maximum atomic E-state index is 12.7. The quantitative estimate of drug-likeness (QED) is 0.745. The molecule has 154 valence electrons. The number of hydrogen-bond acceptors (Lipinski definition) is 6. The van der Waals surface area contributed by atoms with Crippen LogP contribution in [-0.4, -0.2) is 38.8 Å². The largest absolute Gasteiger partial charge is 0.296 e. The van der Waals surface area contributed by atoms with Crippen LogP contribution in [0.5, 0.6) is 0 Å². The van der Waals surface area contributed by atoms with Gasteiger partial charge in [-0.2, -0.15) is 0 Å². The van der Waals surface area contributed by atoms with E-state index in [9.17, 15) is 4.79 Å². The van der Waals surface area contributed by atoms with E-state index in [1.54, 1.807) is 11.3 Å². The van der Waals surface area contributed by atoms with Gasteiger partial charge in [0.15, 0.2) is 0 Å². The van der Waals surface area contributed by atoms with Crippen LogP contribution in [0.1, 0.15) is 71.5 Å². The van der Waals surface area contributed by atoms with Crippen molar-refractivity contribution in [3.63, 3.8) is 0 Å². The molecule has 1 unspecified atom stereocenters. The van der Waals surface area contributed by atoms with Crippen molar-refractivity contribution in [2.45, 2.75) is 71.4 Å². The molecule has 0 N–H and O–H groups in total. The molecule has 0 spiro atoms. The van der Waals surface area contributed by atoms with Gasteiger partial charge >= 0.3 is 0 Å². The van der Waals surface area contributed by atoms with Crippen molar-refractivity contribution in [2.24, 2.45) is 5.92 Å². The zero-order valence-corrected chi connectivity index (χ0v) is 18.2. The molecular formula is C22H29N5OS. The van der Waals surface area contributed by atoms with E-state index in [2.05, 4.69) is 23.7 Å². The first-order chi connectivity index (χ1) is 14.1. The molecule has 0 bridgehead atoms. The van der Waals surface area contributed by atoms with E-state index < -0.39 is 0 Å². The van der Waals surface area contributed by atoms with Crippen molar-refractivity contribution in [1.29, 1.82) is 0 Å². The van der Waals surface area contributed by atoms with E-state index in [0.717, 1.165) is 54.8 Å². The van der Waals surface area contributed by atoms with Gasteiger partial charge in [-0.05, 0) is 58.4 Å². The van der Waals surface area contributed by atoms with Crippen molar-refractivity contribution in [3.8, 4) is 0 Å². The number of piperidine rings is 1. The number of rotatable bonds is 5. The summed E-state index contributed by atoms with van der Waals surface area (Å²) in [6.07, 6.45) is 9.33. The summed E-state index contributed by atoms with van der Waals surface area (Å²) < 4.78 is 0. The Labute approximate surface area is 176 Å². The van der Waals surface area contributed by atoms with Crippen LogP contribution in [0, 0.1) is 19.8 Å². The van der Waals surface area contributed by atoms with Crippen LogP contribution in [0.15, 0.2) is 6.20 Å². The molecule has 2 fully saturated rings. The standard InChI is InChI=1S/C22H29N5OS/c1-14-18-8-9-20(28)27(12-16-6-7-16)22(18)25-21(24-14)19-5-3-4-10-26(19)13-17-11-23-15(2)29-17/h11,16,19H,3-10,12-13H2,1-2H3. The fourth-order valence-electron chi connectivity index (χ4n) is 4.65. The lowest BCUT2D eigenvalue weighted by atomic mass is 9.99. The number of likely N-dealkylation sites (tertiary alicyclic amines) is 1. The Hall–Kier alpha value is -1.86. The summed E-state index contributed by atoms with van der Waals surface area (Å²) in [5.41, 5.74) is 2.23. The smallest absolute Gasteiger partial charge is 0.228 e. The average molecular weight is 412 g/mol. The second kappa shape index (κ2) is 7.76. The van der Waals surface area contributed by atoms with E-state index >= 15 is 0 Å². The summed E-state index contributed by atoms with van der Waals surface area (Å²) in [4.78, 5) is 32.9. The number of anilines is 1. The van der Waals surface area contributed by atoms with Gasteiger partial charge < -0.3 is 0 Å². The van der Waals surface area contributed by atoms with Gasteiger partial charge in [0.05, 0.1) is 11.0 Å². The molecule has 3 aliphatic rings. The molecule has 4 heterocycles. The number of carbonyl (C=O) groups is 1. The average Bonchev–Trinajstić information content (AvgIpc) is 3.44. The summed E-state index contributed by atoms with van der Waals surface area (Å²) in [5, 5.41) is 1.11. The lowest BCUT2D eigenvalue weighted by molar-refractivity contribution is -0.119. The van der Waals surface area contributed by atoms with Crippen LogP contribution in [0.2, 0.25) is 0 Å². The first-order valence-corrected chi connectivity index (χ1v) is 11.7. The van der Waals surface area contributed by atoms with Crippen LogP contribution < -0.4 is 4.90 Å². The second-order valence-corrected chi connectivity index (χ2v) is 10.1. The topological polar surface area (TPSA) is 62.2 Å². The Kier molecular flexibility index (Phi) is 5.12. The molecule has 1 saturated carbocycles. The zero-order valence-electron chi connectivity index (χ0n) is 17.4. The van der Waals surface area contributed by atoms with Gasteiger partial charge in [0.1, 0.15) is 11.6 Å². The summed E-state index contributed by atoms with van der Waals surface area (Å²) >= 11 is 1.77. The lowest BCUT2D eigenvalue weighted by Crippen LogP contribution is -2.39. The molecule has 7 heteroatoms. The third-order valence-corrected chi connectivity index (χ3v) is 7.33. The molecule has 0 aromatic carbocycles. The molecule has 2 aliphatic heterocycles. The minimum atomic E-state index is 0.218. The number of hydrogen-bond donors (Lipinski definition) is 0. The number of fused-ring (bicyclic) bond motifs is 1. The zero-order chi connectivity index (χ0) is 20.0. The summed E-state index contributed by atoms with van der Waals surface area (Å²) in [5.74, 6) is 2.69. The van der Waals surface area contributed by atoms with Crippen LogP contribution >= 0.6 is 11.3 Å². The minimum Gasteiger partial charge on any atom is -0.296 e. The maximum Gasteiger partial charge on any atom is 0.228 e. The van der Waals surface area contributed by atoms with Crippen molar-refractivity contribution in [1.82, 2.24) is 19.9 Å². The predicted octanol–water partition coefficient (Wildman–Crippen LogP) is 3.97. The molecule has 6 nitrogen and oxygen atoms in total. The summed E-state index contributed by atoms with van der Waals surface area (Å²) in [6, 6.07) is 0.218. The Bertz CT molecular complexity index is 922. The molecule has 1 saturated heterocycles. The van der Waals surface area contributed by atoms with Crippen LogP contribution in [0.3, 0.4) is 0 Å². The number of aryl methyl sites for hydroxylation is 2. The third-order valence-electron chi connectivity index (χ3n) is 6.43. The highest BCUT2D eigenvalue weighted by Crippen LogP contribution is 2.37. The van der Waals surface area contributed by atoms with E-state index in [-0.39, 0.29) is 11.9 Å². The molecule has 5 rings (SSSR count). The van der Waals surface area contributed by atoms with Crippen molar-refractivity contribution in [3.05, 3.63) is 33.2 Å². The van der Waals surface area contributed by atoms with Gasteiger partial charge in [-0.1, -0.05) is 6.42 Å². The molecule has 0 radical (unpaired) electrons. The Balaban J connectivity index is 1.46. The molecular weight excluding hydrogens is 382 g/mol. The highest BCUT2D eigenvalue weighted by Gasteiger charge is 2.35. The van der Waals surface area contributed by atoms with E-state index in [1.165, 1.54) is 36.1 Å². The molecule has 1 amide bonds. The first-order valence-electron chi connectivity index (χ1n) is 10.9. The molecule has 2 aromatic heterocycles. The SMILES string of the molecule is Cc1ncc(CN2CCCCC2c2nc(C)c3c(n2)N(CC2CC2)C(=O)CC3)s1. The number of nitrogens with zero attached hydrogens (tertiary/aromatic N) is 5. The molecule has 29 heavy (non-hydrogen) atoms. The summed E-state index contributed by atoms with van der Waals surface area (Å²) in [7, 11) is 0. The number of aromatic nitrogens is 3. The van der Waals surface area contributed by atoms with Crippen LogP contribution in [-0.2, 0) is 17.8 Å². The second-order valence-electron chi connectivity index (χ2n) is 8.74. The Morgan fingerprint density at radius 2 is 2.00 bits per heavy atom. The van der Waals surface area contributed by atoms with E-state index in [4.69, 9.17) is 9.97 Å². The van der Waals surface area contributed by atoms with Gasteiger partial charge in [0.2, 0.25) is 5.91 Å². The van der Waals surface area contributed by atoms with Gasteiger partial charge in [0.25, 0.3) is 0 Å². The molecule has 1 aliphatic carbocycles. The van der Waals surface area contributed by atoms with Gasteiger partial charge in [0, 0.05) is 41.8 Å². The van der Waals surface area contributed by atoms with Crippen LogP contribution in [0.25, 0.3) is 0 Å². The fraction of sp³-hybridized carbons (Fsp3) is 0.636. The minimum absolute atomic E-state index is 0.218. The van der Waals surface area contributed by atoms with Crippen LogP contribution in [0.4, 0.5) is 5.82 Å². The van der Waals surface area contributed by atoms with E-state index in [1.807, 2.05) is 11.1 Å². The lowest BCUT2D eigenvalue weighted by Gasteiger charge is -2.36. The highest BCUT2D eigenvalue weighted by atomic mass is 32.1. The maximum absolute atomic E-state index is 12.7. The Morgan fingerprint density at radius 3 is 2.76 bits per heavy atom. The normalized spacial score (nSPS) is 22.8. The van der Waals surface area contributed by atoms with Crippen molar-refractivity contribution >= 4 is 23.1 Å². The molecule has 1 atom stereocenters. The van der Waals surface area contributed by atoms with Crippen molar-refractivity contribution < 1.29 is 4.79 Å². The van der Waals surface area contributed by atoms with Gasteiger partial charge in [-0.3, -0.25) is 14.6 Å². The molecule has 2 aromatic rings. The van der Waals surface area contributed by atoms with Gasteiger partial charge in [-0.15, -0.1) is 11.3 Å². The Morgan fingerprint density at radius 1 is 1.14 bits per heavy atom. The fourth-order valence-corrected chi connectivity index (χ4v) is 5.47. The summed E-state index contributed by atoms with van der Waals surface area (Å²) in [6.45, 7) is 6.94. The number of carbonyl (C=O) groups excluding carboxylic acids is 1.